The average molecular weight is 578 g/mol. The number of aromatic carboxylic acids is 1. The number of carbonyl (C=O) groups excluding carboxylic acids is 1. The summed E-state index contributed by atoms with van der Waals surface area (Å²) in [5, 5.41) is 17.6. The molecule has 0 bridgehead atoms. The van der Waals surface area contributed by atoms with E-state index >= 15 is 0 Å². The number of fused-ring (bicyclic) bond motifs is 2. The van der Waals surface area contributed by atoms with Crippen LogP contribution in [0.15, 0.2) is 72.8 Å². The summed E-state index contributed by atoms with van der Waals surface area (Å²) < 4.78 is 9.02. The summed E-state index contributed by atoms with van der Waals surface area (Å²) in [6.07, 6.45) is 0.771. The van der Waals surface area contributed by atoms with Crippen molar-refractivity contribution in [2.75, 3.05) is 7.11 Å². The van der Waals surface area contributed by atoms with Crippen molar-refractivity contribution in [3.8, 4) is 23.3 Å². The van der Waals surface area contributed by atoms with Gasteiger partial charge in [-0.2, -0.15) is 5.10 Å². The summed E-state index contributed by atoms with van der Waals surface area (Å²) in [6, 6.07) is 22.2. The van der Waals surface area contributed by atoms with Crippen molar-refractivity contribution in [1.29, 1.82) is 0 Å². The summed E-state index contributed by atoms with van der Waals surface area (Å²) in [5.74, 6) is 6.91. The Morgan fingerprint density at radius 1 is 0.977 bits per heavy atom. The molecule has 0 unspecified atom stereocenters. The van der Waals surface area contributed by atoms with Gasteiger partial charge in [0.25, 0.3) is 0 Å². The quantitative estimate of drug-likeness (QED) is 0.221. The summed E-state index contributed by atoms with van der Waals surface area (Å²) in [5.41, 5.74) is 7.33. The van der Waals surface area contributed by atoms with E-state index in [1.54, 1.807) is 30.0 Å². The Hall–Kier alpha value is -4.42. The van der Waals surface area contributed by atoms with Crippen LogP contribution < -0.4 is 39.4 Å². The Bertz CT molecular complexity index is 2050. The Balaban J connectivity index is 0.00000368. The third kappa shape index (κ3) is 5.80. The second-order valence-corrected chi connectivity index (χ2v) is 10.1. The molecule has 0 saturated carbocycles. The van der Waals surface area contributed by atoms with Crippen molar-refractivity contribution in [3.63, 3.8) is 0 Å². The van der Waals surface area contributed by atoms with Crippen molar-refractivity contribution in [2.24, 2.45) is 0 Å². The van der Waals surface area contributed by atoms with Gasteiger partial charge in [-0.15, -0.1) is 0 Å². The smallest absolute Gasteiger partial charge is 0.545 e. The zero-order valence-electron chi connectivity index (χ0n) is 24.8. The first-order valence-electron chi connectivity index (χ1n) is 13.7. The molecule has 208 valence electrons. The van der Waals surface area contributed by atoms with Crippen LogP contribution in [0.2, 0.25) is 0 Å². The van der Waals surface area contributed by atoms with E-state index in [4.69, 9.17) is 19.8 Å². The van der Waals surface area contributed by atoms with Crippen LogP contribution in [0, 0.1) is 25.7 Å². The van der Waals surface area contributed by atoms with Crippen molar-refractivity contribution in [2.45, 2.75) is 33.7 Å². The van der Waals surface area contributed by atoms with Crippen molar-refractivity contribution in [1.82, 2.24) is 24.3 Å². The molecular formula is C34H28N5NaO3. The Morgan fingerprint density at radius 2 is 1.74 bits per heavy atom. The van der Waals surface area contributed by atoms with Crippen LogP contribution in [0.4, 0.5) is 0 Å². The van der Waals surface area contributed by atoms with Gasteiger partial charge < -0.3 is 19.2 Å². The molecule has 43 heavy (non-hydrogen) atoms. The topological polar surface area (TPSA) is 97.9 Å². The molecule has 9 heteroatoms. The number of aryl methyl sites for hydroxylation is 3. The summed E-state index contributed by atoms with van der Waals surface area (Å²) in [4.78, 5) is 21.7. The number of para-hydroxylation sites is 1. The number of methoxy groups -OCH3 is 1. The molecule has 0 N–H and O–H groups in total. The van der Waals surface area contributed by atoms with Crippen LogP contribution in [0.25, 0.3) is 27.8 Å². The second kappa shape index (κ2) is 12.4. The fraction of sp³-hybridized carbons (Fsp3) is 0.176. The van der Waals surface area contributed by atoms with E-state index in [1.807, 2.05) is 43.3 Å². The SMILES string of the molecule is CCc1nc2c(C)cc(C)nc2n1Cc1ccc2nn(-c3ccccc3C(=O)[O-])c(C#Cc3ccc(OC)cc3)c2c1.[Na+]. The predicted molar refractivity (Wildman–Crippen MR) is 160 cm³/mol. The van der Waals surface area contributed by atoms with E-state index < -0.39 is 5.97 Å². The molecular weight excluding hydrogens is 549 g/mol. The number of nitrogens with zero attached hydrogens (tertiary/aromatic N) is 5. The van der Waals surface area contributed by atoms with Gasteiger partial charge in [0.1, 0.15) is 22.8 Å². The molecule has 0 spiro atoms. The molecule has 0 aliphatic heterocycles. The third-order valence-electron chi connectivity index (χ3n) is 7.26. The van der Waals surface area contributed by atoms with E-state index in [9.17, 15) is 9.90 Å². The number of carbonyl (C=O) groups is 1. The maximum atomic E-state index is 12.0. The van der Waals surface area contributed by atoms with E-state index in [0.29, 0.717) is 23.4 Å². The standard InChI is InChI=1S/C34H29N5O3.Na/c1-5-31-36-32-21(2)18-22(3)35-33(32)38(31)20-24-12-16-28-27(19-24)30(17-13-23-10-14-25(42-4)15-11-23)39(37-28)29-9-7-6-8-26(29)34(40)41;/h6-12,14-16,18-19H,5,20H2,1-4H3,(H,40,41);/q;+1/p-1. The number of carboxylic acid groups (broad SMARTS) is 1. The number of aromatic nitrogens is 5. The van der Waals surface area contributed by atoms with Crippen molar-refractivity contribution < 1.29 is 44.2 Å². The van der Waals surface area contributed by atoms with E-state index in [1.165, 1.54) is 6.07 Å². The molecule has 0 amide bonds. The molecule has 0 saturated heterocycles. The molecule has 0 atom stereocenters. The first kappa shape index (κ1) is 30.1. The first-order chi connectivity index (χ1) is 20.4. The predicted octanol–water partition coefficient (Wildman–Crippen LogP) is 1.77. The molecule has 0 aliphatic carbocycles. The van der Waals surface area contributed by atoms with Crippen molar-refractivity contribution >= 4 is 28.0 Å². The Labute approximate surface area is 271 Å². The molecule has 8 nitrogen and oxygen atoms in total. The van der Waals surface area contributed by atoms with Gasteiger partial charge in [-0.1, -0.05) is 37.1 Å². The van der Waals surface area contributed by atoms with E-state index in [-0.39, 0.29) is 35.1 Å². The average Bonchev–Trinajstić information content (AvgIpc) is 3.54. The Morgan fingerprint density at radius 3 is 2.47 bits per heavy atom. The van der Waals surface area contributed by atoms with Gasteiger partial charge in [0, 0.05) is 28.6 Å². The fourth-order valence-electron chi connectivity index (χ4n) is 5.23. The third-order valence-corrected chi connectivity index (χ3v) is 7.26. The molecule has 3 aromatic heterocycles. The maximum Gasteiger partial charge on any atom is 1.00 e. The molecule has 0 fully saturated rings. The van der Waals surface area contributed by atoms with Gasteiger partial charge in [0.05, 0.1) is 30.8 Å². The monoisotopic (exact) mass is 577 g/mol. The molecule has 0 radical (unpaired) electrons. The van der Waals surface area contributed by atoms with Crippen LogP contribution in [0.1, 0.15) is 51.2 Å². The van der Waals surface area contributed by atoms with E-state index in [2.05, 4.69) is 42.4 Å². The van der Waals surface area contributed by atoms with Crippen LogP contribution in [0.3, 0.4) is 0 Å². The summed E-state index contributed by atoms with van der Waals surface area (Å²) in [7, 11) is 1.62. The minimum Gasteiger partial charge on any atom is -0.545 e. The molecule has 0 aliphatic rings. The normalized spacial score (nSPS) is 10.8. The number of ether oxygens (including phenoxy) is 1. The largest absolute Gasteiger partial charge is 1.00 e. The van der Waals surface area contributed by atoms with E-state index in [0.717, 1.165) is 56.9 Å². The summed E-state index contributed by atoms with van der Waals surface area (Å²) >= 11 is 0. The molecule has 3 heterocycles. The van der Waals surface area contributed by atoms with Crippen molar-refractivity contribution in [3.05, 3.63) is 112 Å². The fourth-order valence-corrected chi connectivity index (χ4v) is 5.23. The number of pyridine rings is 1. The molecule has 6 aromatic rings. The van der Waals surface area contributed by atoms with Gasteiger partial charge in [-0.25, -0.2) is 14.6 Å². The number of carboxylic acids is 1. The van der Waals surface area contributed by atoms with Gasteiger partial charge in [0.15, 0.2) is 5.65 Å². The molecule has 3 aromatic carbocycles. The van der Waals surface area contributed by atoms with Gasteiger partial charge in [-0.3, -0.25) is 0 Å². The number of rotatable bonds is 6. The first-order valence-corrected chi connectivity index (χ1v) is 13.7. The van der Waals surface area contributed by atoms with Gasteiger partial charge in [0.2, 0.25) is 0 Å². The van der Waals surface area contributed by atoms with Crippen LogP contribution in [-0.2, 0) is 13.0 Å². The van der Waals surface area contributed by atoms with Crippen LogP contribution >= 0.6 is 0 Å². The zero-order chi connectivity index (χ0) is 29.4. The number of benzene rings is 3. The minimum absolute atomic E-state index is 0. The van der Waals surface area contributed by atoms with Gasteiger partial charge in [-0.05, 0) is 79.4 Å². The number of imidazole rings is 1. The number of hydrogen-bond acceptors (Lipinski definition) is 6. The number of hydrogen-bond donors (Lipinski definition) is 0. The van der Waals surface area contributed by atoms with Gasteiger partial charge >= 0.3 is 29.6 Å². The second-order valence-electron chi connectivity index (χ2n) is 10.1. The molecule has 6 rings (SSSR count). The maximum absolute atomic E-state index is 12.0. The summed E-state index contributed by atoms with van der Waals surface area (Å²) in [6.45, 7) is 6.72. The minimum atomic E-state index is -1.28. The van der Waals surface area contributed by atoms with Crippen LogP contribution in [-0.4, -0.2) is 37.4 Å². The zero-order valence-corrected chi connectivity index (χ0v) is 26.8. The Kier molecular flexibility index (Phi) is 8.69. The van der Waals surface area contributed by atoms with Crippen LogP contribution in [0.5, 0.6) is 5.75 Å².